The van der Waals surface area contributed by atoms with Gasteiger partial charge in [0.1, 0.15) is 11.5 Å². The standard InChI is InChI=1S/C17H22FN3O2S/c1-13(11-19-2)12-20-16-9-5-6-10-17(16)21(24(20,22)23)15-8-4-3-7-14(15)18/h3-10,13,19,22-23H,11-12H2,1-2H3/t13-/m0/s1. The minimum atomic E-state index is -3.38. The Balaban J connectivity index is 2.07. The second-order valence-electron chi connectivity index (χ2n) is 5.95. The molecule has 1 atom stereocenters. The second-order valence-corrected chi connectivity index (χ2v) is 7.73. The summed E-state index contributed by atoms with van der Waals surface area (Å²) in [5.74, 6) is -0.299. The van der Waals surface area contributed by atoms with E-state index in [0.717, 1.165) is 6.54 Å². The molecular weight excluding hydrogens is 329 g/mol. The summed E-state index contributed by atoms with van der Waals surface area (Å²) in [6.07, 6.45) is 0. The van der Waals surface area contributed by atoms with Crippen LogP contribution >= 0.6 is 11.0 Å². The van der Waals surface area contributed by atoms with E-state index in [0.29, 0.717) is 17.9 Å². The minimum absolute atomic E-state index is 0.161. The molecule has 0 radical (unpaired) electrons. The summed E-state index contributed by atoms with van der Waals surface area (Å²) in [6.45, 7) is 3.22. The van der Waals surface area contributed by atoms with E-state index in [2.05, 4.69) is 5.32 Å². The zero-order chi connectivity index (χ0) is 17.3. The third kappa shape index (κ3) is 2.84. The van der Waals surface area contributed by atoms with Crippen LogP contribution in [0.5, 0.6) is 0 Å². The first-order valence-electron chi connectivity index (χ1n) is 7.81. The molecule has 0 saturated carbocycles. The van der Waals surface area contributed by atoms with Gasteiger partial charge in [0, 0.05) is 6.54 Å². The molecule has 3 rings (SSSR count). The maximum atomic E-state index is 14.3. The Morgan fingerprint density at radius 1 is 1.04 bits per heavy atom. The smallest absolute Gasteiger partial charge is 0.148 e. The van der Waals surface area contributed by atoms with Crippen LogP contribution in [0.25, 0.3) is 0 Å². The Morgan fingerprint density at radius 3 is 2.25 bits per heavy atom. The number of fused-ring (bicyclic) bond motifs is 1. The van der Waals surface area contributed by atoms with Crippen LogP contribution in [0.1, 0.15) is 6.92 Å². The Labute approximate surface area is 143 Å². The van der Waals surface area contributed by atoms with Crippen molar-refractivity contribution >= 4 is 28.0 Å². The van der Waals surface area contributed by atoms with Crippen LogP contribution < -0.4 is 13.9 Å². The van der Waals surface area contributed by atoms with Crippen molar-refractivity contribution in [3.05, 3.63) is 54.3 Å². The lowest BCUT2D eigenvalue weighted by molar-refractivity contribution is 0.471. The van der Waals surface area contributed by atoms with Gasteiger partial charge in [-0.2, -0.15) is 0 Å². The summed E-state index contributed by atoms with van der Waals surface area (Å²) in [6, 6.07) is 13.4. The topological polar surface area (TPSA) is 59.0 Å². The molecule has 0 aromatic heterocycles. The molecule has 0 amide bonds. The van der Waals surface area contributed by atoms with Crippen molar-refractivity contribution in [1.29, 1.82) is 0 Å². The molecule has 24 heavy (non-hydrogen) atoms. The van der Waals surface area contributed by atoms with Gasteiger partial charge in [-0.3, -0.25) is 13.4 Å². The van der Waals surface area contributed by atoms with Crippen LogP contribution in [-0.4, -0.2) is 29.2 Å². The van der Waals surface area contributed by atoms with Gasteiger partial charge in [0.25, 0.3) is 0 Å². The number of nitrogens with zero attached hydrogens (tertiary/aromatic N) is 2. The van der Waals surface area contributed by atoms with Crippen LogP contribution in [-0.2, 0) is 0 Å². The average Bonchev–Trinajstić information content (AvgIpc) is 2.76. The molecule has 2 aromatic carbocycles. The van der Waals surface area contributed by atoms with Crippen LogP contribution in [0.2, 0.25) is 0 Å². The lowest BCUT2D eigenvalue weighted by Gasteiger charge is -2.44. The first-order chi connectivity index (χ1) is 11.5. The molecule has 130 valence electrons. The summed E-state index contributed by atoms with van der Waals surface area (Å²) in [5.41, 5.74) is 1.46. The number of benzene rings is 2. The second kappa shape index (κ2) is 6.60. The number of anilines is 3. The van der Waals surface area contributed by atoms with Crippen molar-refractivity contribution in [2.24, 2.45) is 5.92 Å². The van der Waals surface area contributed by atoms with Gasteiger partial charge in [0.15, 0.2) is 0 Å². The summed E-state index contributed by atoms with van der Waals surface area (Å²) in [4.78, 5) is 0. The molecule has 1 heterocycles. The van der Waals surface area contributed by atoms with Crippen molar-refractivity contribution in [1.82, 2.24) is 5.32 Å². The largest absolute Gasteiger partial charge is 0.319 e. The van der Waals surface area contributed by atoms with Crippen LogP contribution in [0.4, 0.5) is 21.5 Å². The lowest BCUT2D eigenvalue weighted by atomic mass is 10.1. The fourth-order valence-electron chi connectivity index (χ4n) is 2.98. The van der Waals surface area contributed by atoms with Crippen molar-refractivity contribution < 1.29 is 13.5 Å². The summed E-state index contributed by atoms with van der Waals surface area (Å²) < 4.78 is 39.1. The van der Waals surface area contributed by atoms with E-state index in [1.54, 1.807) is 28.6 Å². The molecule has 1 aliphatic rings. The lowest BCUT2D eigenvalue weighted by Crippen LogP contribution is -2.36. The molecule has 7 heteroatoms. The molecule has 3 N–H and O–H groups in total. The maximum absolute atomic E-state index is 14.3. The first-order valence-corrected chi connectivity index (χ1v) is 9.27. The van der Waals surface area contributed by atoms with Gasteiger partial charge in [-0.25, -0.2) is 8.70 Å². The molecule has 0 bridgehead atoms. The zero-order valence-electron chi connectivity index (χ0n) is 13.7. The Kier molecular flexibility index (Phi) is 4.69. The number of hydrogen-bond donors (Lipinski definition) is 3. The van der Waals surface area contributed by atoms with Crippen LogP contribution in [0.15, 0.2) is 48.5 Å². The SMILES string of the molecule is CNC[C@H](C)CN1c2ccccc2N(c2ccccc2F)S1(O)O. The maximum Gasteiger partial charge on any atom is 0.148 e. The third-order valence-electron chi connectivity index (χ3n) is 4.01. The summed E-state index contributed by atoms with van der Waals surface area (Å²) in [5, 5.41) is 3.09. The predicted molar refractivity (Wildman–Crippen MR) is 98.3 cm³/mol. The monoisotopic (exact) mass is 351 g/mol. The van der Waals surface area contributed by atoms with Gasteiger partial charge in [-0.15, -0.1) is 0 Å². The molecule has 0 fully saturated rings. The number of rotatable bonds is 5. The summed E-state index contributed by atoms with van der Waals surface area (Å²) in [7, 11) is -1.52. The number of para-hydroxylation sites is 3. The Bertz CT molecular complexity index is 728. The molecule has 1 aliphatic heterocycles. The summed E-state index contributed by atoms with van der Waals surface area (Å²) >= 11 is 0. The highest BCUT2D eigenvalue weighted by molar-refractivity contribution is 8.27. The van der Waals surface area contributed by atoms with Gasteiger partial charge in [0.2, 0.25) is 0 Å². The fraction of sp³-hybridized carbons (Fsp3) is 0.294. The fourth-order valence-corrected chi connectivity index (χ4v) is 4.88. The van der Waals surface area contributed by atoms with Crippen molar-refractivity contribution in [2.45, 2.75) is 6.92 Å². The normalized spacial score (nSPS) is 18.4. The van der Waals surface area contributed by atoms with Gasteiger partial charge in [-0.05, 0) is 54.7 Å². The van der Waals surface area contributed by atoms with E-state index in [4.69, 9.17) is 0 Å². The highest BCUT2D eigenvalue weighted by Gasteiger charge is 2.42. The highest BCUT2D eigenvalue weighted by atomic mass is 32.3. The Hall–Kier alpha value is -1.80. The number of hydrogen-bond acceptors (Lipinski definition) is 5. The van der Waals surface area contributed by atoms with Crippen LogP contribution in [0, 0.1) is 11.7 Å². The molecular formula is C17H22FN3O2S. The number of nitrogens with one attached hydrogen (secondary N) is 1. The van der Waals surface area contributed by atoms with Gasteiger partial charge in [-0.1, -0.05) is 31.2 Å². The van der Waals surface area contributed by atoms with E-state index in [-0.39, 0.29) is 11.6 Å². The third-order valence-corrected chi connectivity index (χ3v) is 5.83. The van der Waals surface area contributed by atoms with Crippen molar-refractivity contribution in [3.8, 4) is 0 Å². The Morgan fingerprint density at radius 2 is 1.62 bits per heavy atom. The molecule has 2 aromatic rings. The van der Waals surface area contributed by atoms with E-state index in [1.165, 1.54) is 10.4 Å². The van der Waals surface area contributed by atoms with E-state index in [9.17, 15) is 13.5 Å². The van der Waals surface area contributed by atoms with Crippen LogP contribution in [0.3, 0.4) is 0 Å². The predicted octanol–water partition coefficient (Wildman–Crippen LogP) is 4.22. The van der Waals surface area contributed by atoms with E-state index < -0.39 is 16.8 Å². The molecule has 0 aliphatic carbocycles. The van der Waals surface area contributed by atoms with Gasteiger partial charge < -0.3 is 5.32 Å². The molecule has 0 unspecified atom stereocenters. The first kappa shape index (κ1) is 17.0. The zero-order valence-corrected chi connectivity index (χ0v) is 14.5. The van der Waals surface area contributed by atoms with Gasteiger partial charge in [0.05, 0.1) is 11.4 Å². The van der Waals surface area contributed by atoms with Crippen molar-refractivity contribution in [2.75, 3.05) is 28.7 Å². The minimum Gasteiger partial charge on any atom is -0.319 e. The van der Waals surface area contributed by atoms with E-state index in [1.807, 2.05) is 32.2 Å². The highest BCUT2D eigenvalue weighted by Crippen LogP contribution is 2.64. The van der Waals surface area contributed by atoms with E-state index >= 15 is 0 Å². The van der Waals surface area contributed by atoms with Crippen molar-refractivity contribution in [3.63, 3.8) is 0 Å². The number of halogens is 1. The molecule has 0 saturated heterocycles. The molecule has 0 spiro atoms. The average molecular weight is 351 g/mol. The quantitative estimate of drug-likeness (QED) is 0.753. The van der Waals surface area contributed by atoms with Gasteiger partial charge >= 0.3 is 0 Å². The molecule has 5 nitrogen and oxygen atoms in total.